The van der Waals surface area contributed by atoms with E-state index in [4.69, 9.17) is 9.47 Å². The van der Waals surface area contributed by atoms with E-state index in [9.17, 15) is 24.5 Å². The minimum absolute atomic E-state index is 0.0139. The molecule has 2 fully saturated rings. The number of nitrogens with one attached hydrogen (secondary N) is 1. The SMILES string of the molecule is COc1cc(C=C2C(=O)NC(=O)N(C3CCCCC3)C2=O)cc(Br)c1OCc1ccc([N+](=O)[O-])cc1. The predicted molar refractivity (Wildman–Crippen MR) is 133 cm³/mol. The van der Waals surface area contributed by atoms with Gasteiger partial charge >= 0.3 is 6.03 Å². The molecule has 0 atom stereocenters. The van der Waals surface area contributed by atoms with Crippen LogP contribution in [0.3, 0.4) is 0 Å². The van der Waals surface area contributed by atoms with Gasteiger partial charge in [0.2, 0.25) is 0 Å². The molecular formula is C25H24BrN3O7. The molecule has 1 aliphatic carbocycles. The molecular weight excluding hydrogens is 534 g/mol. The first-order valence-corrected chi connectivity index (χ1v) is 12.2. The summed E-state index contributed by atoms with van der Waals surface area (Å²) in [5, 5.41) is 13.1. The summed E-state index contributed by atoms with van der Waals surface area (Å²) in [6.07, 6.45) is 5.80. The summed E-state index contributed by atoms with van der Waals surface area (Å²) < 4.78 is 11.9. The monoisotopic (exact) mass is 557 g/mol. The molecule has 0 radical (unpaired) electrons. The highest BCUT2D eigenvalue weighted by Crippen LogP contribution is 2.38. The van der Waals surface area contributed by atoms with Crippen LogP contribution in [0.15, 0.2) is 46.4 Å². The van der Waals surface area contributed by atoms with Gasteiger partial charge in [0.25, 0.3) is 17.5 Å². The van der Waals surface area contributed by atoms with Crippen LogP contribution in [-0.2, 0) is 16.2 Å². The number of non-ortho nitro benzene ring substituents is 1. The Kier molecular flexibility index (Phi) is 7.68. The molecule has 36 heavy (non-hydrogen) atoms. The van der Waals surface area contributed by atoms with Crippen LogP contribution in [0.2, 0.25) is 0 Å². The molecule has 0 spiro atoms. The average Bonchev–Trinajstić information content (AvgIpc) is 2.86. The fourth-order valence-corrected chi connectivity index (χ4v) is 4.92. The Morgan fingerprint density at radius 2 is 1.83 bits per heavy atom. The maximum atomic E-state index is 13.1. The van der Waals surface area contributed by atoms with Crippen LogP contribution in [-0.4, -0.2) is 40.8 Å². The maximum Gasteiger partial charge on any atom is 0.331 e. The van der Waals surface area contributed by atoms with Crippen LogP contribution in [0.4, 0.5) is 10.5 Å². The normalized spacial score (nSPS) is 17.8. The zero-order chi connectivity index (χ0) is 25.8. The van der Waals surface area contributed by atoms with Crippen molar-refractivity contribution in [3.05, 3.63) is 67.7 Å². The molecule has 188 valence electrons. The number of halogens is 1. The van der Waals surface area contributed by atoms with Crippen molar-refractivity contribution in [2.45, 2.75) is 44.8 Å². The number of imide groups is 2. The van der Waals surface area contributed by atoms with Crippen molar-refractivity contribution in [1.29, 1.82) is 0 Å². The molecule has 11 heteroatoms. The lowest BCUT2D eigenvalue weighted by Gasteiger charge is -2.35. The highest BCUT2D eigenvalue weighted by atomic mass is 79.9. The molecule has 2 aliphatic rings. The van der Waals surface area contributed by atoms with Crippen molar-refractivity contribution in [1.82, 2.24) is 10.2 Å². The highest BCUT2D eigenvalue weighted by Gasteiger charge is 2.40. The van der Waals surface area contributed by atoms with Crippen LogP contribution in [0, 0.1) is 10.1 Å². The van der Waals surface area contributed by atoms with Crippen LogP contribution in [0.5, 0.6) is 11.5 Å². The lowest BCUT2D eigenvalue weighted by atomic mass is 9.93. The number of nitrogens with zero attached hydrogens (tertiary/aromatic N) is 2. The van der Waals surface area contributed by atoms with E-state index in [1.54, 1.807) is 24.3 Å². The number of carbonyl (C=O) groups excluding carboxylic acids is 3. The summed E-state index contributed by atoms with van der Waals surface area (Å²) in [4.78, 5) is 49.6. The summed E-state index contributed by atoms with van der Waals surface area (Å²) in [5.74, 6) is -0.617. The van der Waals surface area contributed by atoms with E-state index >= 15 is 0 Å². The van der Waals surface area contributed by atoms with E-state index in [2.05, 4.69) is 21.2 Å². The summed E-state index contributed by atoms with van der Waals surface area (Å²) >= 11 is 3.45. The van der Waals surface area contributed by atoms with Gasteiger partial charge in [0.05, 0.1) is 16.5 Å². The van der Waals surface area contributed by atoms with Gasteiger partial charge in [0.1, 0.15) is 12.2 Å². The number of nitro groups is 1. The maximum absolute atomic E-state index is 13.1. The minimum Gasteiger partial charge on any atom is -0.493 e. The van der Waals surface area contributed by atoms with Crippen molar-refractivity contribution >= 4 is 45.5 Å². The van der Waals surface area contributed by atoms with Crippen molar-refractivity contribution < 1.29 is 28.8 Å². The number of ether oxygens (including phenoxy) is 2. The lowest BCUT2D eigenvalue weighted by molar-refractivity contribution is -0.384. The Balaban J connectivity index is 1.56. The molecule has 1 aliphatic heterocycles. The van der Waals surface area contributed by atoms with Gasteiger partial charge in [0.15, 0.2) is 11.5 Å². The average molecular weight is 558 g/mol. The quantitative estimate of drug-likeness (QED) is 0.225. The molecule has 2 aromatic carbocycles. The van der Waals surface area contributed by atoms with Gasteiger partial charge in [-0.25, -0.2) is 4.79 Å². The first kappa shape index (κ1) is 25.4. The van der Waals surface area contributed by atoms with Crippen LogP contribution >= 0.6 is 15.9 Å². The third-order valence-electron chi connectivity index (χ3n) is 6.17. The smallest absolute Gasteiger partial charge is 0.331 e. The van der Waals surface area contributed by atoms with Crippen molar-refractivity contribution in [3.63, 3.8) is 0 Å². The molecule has 2 aromatic rings. The van der Waals surface area contributed by atoms with E-state index in [1.165, 1.54) is 30.2 Å². The third-order valence-corrected chi connectivity index (χ3v) is 6.76. The second kappa shape index (κ2) is 10.9. The Labute approximate surface area is 215 Å². The predicted octanol–water partition coefficient (Wildman–Crippen LogP) is 4.74. The number of carbonyl (C=O) groups is 3. The molecule has 0 aromatic heterocycles. The van der Waals surface area contributed by atoms with E-state index in [0.29, 0.717) is 21.5 Å². The van der Waals surface area contributed by atoms with Gasteiger partial charge in [0, 0.05) is 18.2 Å². The molecule has 4 rings (SSSR count). The third kappa shape index (κ3) is 5.40. The van der Waals surface area contributed by atoms with E-state index in [1.807, 2.05) is 0 Å². The fraction of sp³-hybridized carbons (Fsp3) is 0.320. The first-order valence-electron chi connectivity index (χ1n) is 11.4. The second-order valence-electron chi connectivity index (χ2n) is 8.53. The standard InChI is InChI=1S/C25H24BrN3O7/c1-35-21-13-16(12-20(26)22(21)36-14-15-7-9-18(10-8-15)29(33)34)11-19-23(30)27-25(32)28(24(19)31)17-5-3-2-4-6-17/h7-13,17H,2-6,14H2,1H3,(H,27,30,32). The van der Waals surface area contributed by atoms with Gasteiger partial charge in [-0.3, -0.25) is 29.9 Å². The highest BCUT2D eigenvalue weighted by molar-refractivity contribution is 9.10. The fourth-order valence-electron chi connectivity index (χ4n) is 4.34. The Morgan fingerprint density at radius 1 is 1.14 bits per heavy atom. The van der Waals surface area contributed by atoms with Gasteiger partial charge in [-0.1, -0.05) is 19.3 Å². The first-order chi connectivity index (χ1) is 17.3. The van der Waals surface area contributed by atoms with Crippen molar-refractivity contribution in [2.75, 3.05) is 7.11 Å². The zero-order valence-corrected chi connectivity index (χ0v) is 21.1. The Bertz CT molecular complexity index is 1240. The molecule has 1 saturated heterocycles. The number of hydrogen-bond donors (Lipinski definition) is 1. The number of rotatable bonds is 7. The number of urea groups is 1. The molecule has 4 amide bonds. The molecule has 1 heterocycles. The summed E-state index contributed by atoms with van der Waals surface area (Å²) in [6, 6.07) is 8.38. The van der Waals surface area contributed by atoms with E-state index < -0.39 is 22.8 Å². The molecule has 1 saturated carbocycles. The molecule has 10 nitrogen and oxygen atoms in total. The van der Waals surface area contributed by atoms with Gasteiger partial charge < -0.3 is 9.47 Å². The summed E-state index contributed by atoms with van der Waals surface area (Å²) in [7, 11) is 1.46. The van der Waals surface area contributed by atoms with E-state index in [0.717, 1.165) is 37.7 Å². The van der Waals surface area contributed by atoms with Crippen molar-refractivity contribution in [2.24, 2.45) is 0 Å². The van der Waals surface area contributed by atoms with Gasteiger partial charge in [-0.05, 0) is 70.2 Å². The zero-order valence-electron chi connectivity index (χ0n) is 19.5. The molecule has 1 N–H and O–H groups in total. The van der Waals surface area contributed by atoms with Gasteiger partial charge in [-0.2, -0.15) is 0 Å². The minimum atomic E-state index is -0.745. The van der Waals surface area contributed by atoms with Crippen LogP contribution in [0.1, 0.15) is 43.2 Å². The van der Waals surface area contributed by atoms with Crippen molar-refractivity contribution in [3.8, 4) is 11.5 Å². The summed E-state index contributed by atoms with van der Waals surface area (Å²) in [5.41, 5.74) is 1.07. The second-order valence-corrected chi connectivity index (χ2v) is 9.38. The lowest BCUT2D eigenvalue weighted by Crippen LogP contribution is -2.58. The largest absolute Gasteiger partial charge is 0.493 e. The summed E-state index contributed by atoms with van der Waals surface area (Å²) in [6.45, 7) is 0.132. The van der Waals surface area contributed by atoms with Gasteiger partial charge in [-0.15, -0.1) is 0 Å². The number of barbiturate groups is 1. The van der Waals surface area contributed by atoms with E-state index in [-0.39, 0.29) is 23.9 Å². The number of amides is 4. The van der Waals surface area contributed by atoms with Crippen LogP contribution < -0.4 is 14.8 Å². The Hall–Kier alpha value is -3.73. The topological polar surface area (TPSA) is 128 Å². The molecule has 0 unspecified atom stereocenters. The number of nitro benzene ring substituents is 1. The molecule has 0 bridgehead atoms. The number of hydrogen-bond acceptors (Lipinski definition) is 7. The number of benzene rings is 2. The number of methoxy groups -OCH3 is 1. The van der Waals surface area contributed by atoms with Crippen LogP contribution in [0.25, 0.3) is 6.08 Å². The Morgan fingerprint density at radius 3 is 2.47 bits per heavy atom.